The van der Waals surface area contributed by atoms with Crippen molar-refractivity contribution in [2.24, 2.45) is 5.18 Å². The Morgan fingerprint density at radius 3 is 2.10 bits per heavy atom. The van der Waals surface area contributed by atoms with Gasteiger partial charge in [0.15, 0.2) is 0 Å². The lowest BCUT2D eigenvalue weighted by molar-refractivity contribution is -0.159. The van der Waals surface area contributed by atoms with Crippen molar-refractivity contribution in [3.05, 3.63) is 111 Å². The standard InChI is InChI=1S/C19H24N4O4.2C6H5Cl/c1-2-3-16(18(24)21-8-9-22-26)23-10-11-27-17(19(23)25)12-14-4-6-15(13-20)7-5-14;2*7-6-4-2-1-3-5-6/h4-7,16-17H,2-3,8-12H2,1H3,(H,21,24);2*1-5H. The monoisotopic (exact) mass is 596 g/mol. The molecular formula is C31H34Cl2N4O4. The molecule has 10 heteroatoms. The molecule has 41 heavy (non-hydrogen) atoms. The van der Waals surface area contributed by atoms with E-state index in [4.69, 9.17) is 33.2 Å². The Kier molecular flexibility index (Phi) is 15.8. The molecule has 216 valence electrons. The first-order chi connectivity index (χ1) is 19.9. The van der Waals surface area contributed by atoms with E-state index in [9.17, 15) is 14.5 Å². The second-order valence-electron chi connectivity index (χ2n) is 8.94. The van der Waals surface area contributed by atoms with Crippen LogP contribution in [0.3, 0.4) is 0 Å². The second kappa shape index (κ2) is 19.3. The molecule has 2 amide bonds. The summed E-state index contributed by atoms with van der Waals surface area (Å²) in [5, 5.41) is 15.9. The van der Waals surface area contributed by atoms with E-state index in [1.54, 1.807) is 29.2 Å². The van der Waals surface area contributed by atoms with Crippen LogP contribution in [0.1, 0.15) is 30.9 Å². The maximum atomic E-state index is 12.9. The van der Waals surface area contributed by atoms with Gasteiger partial charge in [0.2, 0.25) is 5.91 Å². The number of morpholine rings is 1. The Hall–Kier alpha value is -3.77. The topological polar surface area (TPSA) is 112 Å². The minimum atomic E-state index is -0.657. The van der Waals surface area contributed by atoms with Crippen molar-refractivity contribution in [3.8, 4) is 6.07 Å². The third kappa shape index (κ3) is 12.5. The first-order valence-electron chi connectivity index (χ1n) is 13.3. The third-order valence-electron chi connectivity index (χ3n) is 5.92. The number of nitroso groups, excluding NO2 is 1. The molecule has 1 N–H and O–H groups in total. The molecule has 8 nitrogen and oxygen atoms in total. The molecule has 1 fully saturated rings. The molecule has 0 saturated carbocycles. The summed E-state index contributed by atoms with van der Waals surface area (Å²) < 4.78 is 5.64. The molecule has 0 spiro atoms. The zero-order valence-corrected chi connectivity index (χ0v) is 24.4. The number of hydrogen-bond acceptors (Lipinski definition) is 6. The molecule has 0 aliphatic carbocycles. The zero-order valence-electron chi connectivity index (χ0n) is 22.9. The van der Waals surface area contributed by atoms with Gasteiger partial charge in [-0.05, 0) is 48.4 Å². The van der Waals surface area contributed by atoms with Crippen LogP contribution >= 0.6 is 23.2 Å². The number of amides is 2. The molecule has 0 aromatic heterocycles. The fourth-order valence-electron chi connectivity index (χ4n) is 3.92. The van der Waals surface area contributed by atoms with Gasteiger partial charge in [-0.25, -0.2) is 0 Å². The molecule has 3 aromatic carbocycles. The van der Waals surface area contributed by atoms with Gasteiger partial charge in [0, 0.05) is 29.6 Å². The molecule has 3 aromatic rings. The number of rotatable bonds is 9. The van der Waals surface area contributed by atoms with Crippen LogP contribution in [0.2, 0.25) is 10.0 Å². The van der Waals surface area contributed by atoms with Crippen LogP contribution in [0, 0.1) is 16.2 Å². The number of hydrogen-bond donors (Lipinski definition) is 1. The van der Waals surface area contributed by atoms with Gasteiger partial charge in [0.1, 0.15) is 12.1 Å². The Balaban J connectivity index is 0.000000338. The van der Waals surface area contributed by atoms with Crippen molar-refractivity contribution in [2.45, 2.75) is 38.3 Å². The zero-order chi connectivity index (χ0) is 29.9. The molecular weight excluding hydrogens is 563 g/mol. The van der Waals surface area contributed by atoms with Crippen LogP contribution in [0.15, 0.2) is 90.1 Å². The van der Waals surface area contributed by atoms with E-state index >= 15 is 0 Å². The highest BCUT2D eigenvalue weighted by Gasteiger charge is 2.36. The van der Waals surface area contributed by atoms with Gasteiger partial charge in [-0.15, -0.1) is 0 Å². The lowest BCUT2D eigenvalue weighted by atomic mass is 10.0. The molecule has 4 rings (SSSR count). The van der Waals surface area contributed by atoms with Gasteiger partial charge < -0.3 is 15.0 Å². The lowest BCUT2D eigenvalue weighted by Crippen LogP contribution is -2.57. The van der Waals surface area contributed by atoms with Crippen molar-refractivity contribution in [1.82, 2.24) is 10.2 Å². The molecule has 1 heterocycles. The summed E-state index contributed by atoms with van der Waals surface area (Å²) in [5.41, 5.74) is 1.45. The van der Waals surface area contributed by atoms with E-state index in [1.165, 1.54) is 0 Å². The SMILES string of the molecule is CCCC(C(=O)NCCN=O)N1CCOC(Cc2ccc(C#N)cc2)C1=O.Clc1ccccc1.Clc1ccccc1. The van der Waals surface area contributed by atoms with Crippen LogP contribution in [-0.2, 0) is 20.7 Å². The molecule has 2 unspecified atom stereocenters. The molecule has 1 aliphatic rings. The van der Waals surface area contributed by atoms with Gasteiger partial charge in [0.05, 0.1) is 24.8 Å². The predicted molar refractivity (Wildman–Crippen MR) is 162 cm³/mol. The average molecular weight is 598 g/mol. The van der Waals surface area contributed by atoms with Gasteiger partial charge >= 0.3 is 0 Å². The summed E-state index contributed by atoms with van der Waals surface area (Å²) in [7, 11) is 0. The maximum Gasteiger partial charge on any atom is 0.252 e. The highest BCUT2D eigenvalue weighted by molar-refractivity contribution is 6.30. The normalized spacial score (nSPS) is 14.7. The van der Waals surface area contributed by atoms with Crippen LogP contribution in [-0.4, -0.2) is 55.1 Å². The van der Waals surface area contributed by atoms with Crippen molar-refractivity contribution in [3.63, 3.8) is 0 Å². The average Bonchev–Trinajstić information content (AvgIpc) is 2.99. The van der Waals surface area contributed by atoms with Crippen LogP contribution in [0.25, 0.3) is 0 Å². The molecule has 2 atom stereocenters. The summed E-state index contributed by atoms with van der Waals surface area (Å²) in [6.07, 6.45) is 1.01. The van der Waals surface area contributed by atoms with Crippen molar-refractivity contribution in [1.29, 1.82) is 5.26 Å². The number of carbonyl (C=O) groups excluding carboxylic acids is 2. The fraction of sp³-hybridized carbons (Fsp3) is 0.323. The number of halogens is 2. The van der Waals surface area contributed by atoms with E-state index in [0.29, 0.717) is 31.6 Å². The van der Waals surface area contributed by atoms with E-state index in [2.05, 4.69) is 16.6 Å². The van der Waals surface area contributed by atoms with Gasteiger partial charge in [-0.1, -0.05) is 90.3 Å². The minimum Gasteiger partial charge on any atom is -0.366 e. The number of nitrogens with zero attached hydrogens (tertiary/aromatic N) is 3. The van der Waals surface area contributed by atoms with E-state index in [0.717, 1.165) is 22.0 Å². The second-order valence-corrected chi connectivity index (χ2v) is 9.82. The molecule has 0 radical (unpaired) electrons. The fourth-order valence-corrected chi connectivity index (χ4v) is 4.21. The number of nitriles is 1. The Labute approximate surface area is 251 Å². The summed E-state index contributed by atoms with van der Waals surface area (Å²) in [4.78, 5) is 37.1. The Bertz CT molecular complexity index is 1200. The highest BCUT2D eigenvalue weighted by atomic mass is 35.5. The molecule has 1 aliphatic heterocycles. The van der Waals surface area contributed by atoms with Crippen LogP contribution < -0.4 is 5.32 Å². The number of benzene rings is 3. The van der Waals surface area contributed by atoms with E-state index in [-0.39, 0.29) is 24.9 Å². The maximum absolute atomic E-state index is 12.9. The van der Waals surface area contributed by atoms with Crippen molar-refractivity contribution >= 4 is 35.0 Å². The Morgan fingerprint density at radius 1 is 1.05 bits per heavy atom. The smallest absolute Gasteiger partial charge is 0.252 e. The largest absolute Gasteiger partial charge is 0.366 e. The molecule has 0 bridgehead atoms. The lowest BCUT2D eigenvalue weighted by Gasteiger charge is -2.37. The number of ether oxygens (including phenoxy) is 1. The van der Waals surface area contributed by atoms with Crippen molar-refractivity contribution in [2.75, 3.05) is 26.2 Å². The first kappa shape index (κ1) is 33.4. The summed E-state index contributed by atoms with van der Waals surface area (Å²) in [6, 6.07) is 27.4. The summed E-state index contributed by atoms with van der Waals surface area (Å²) >= 11 is 11.1. The van der Waals surface area contributed by atoms with Gasteiger partial charge in [-0.2, -0.15) is 10.2 Å². The van der Waals surface area contributed by atoms with Crippen molar-refractivity contribution < 1.29 is 14.3 Å². The number of nitrogens with one attached hydrogen (secondary N) is 1. The quantitative estimate of drug-likeness (QED) is 0.238. The highest BCUT2D eigenvalue weighted by Crippen LogP contribution is 2.18. The van der Waals surface area contributed by atoms with Gasteiger partial charge in [-0.3, -0.25) is 9.59 Å². The van der Waals surface area contributed by atoms with E-state index in [1.807, 2.05) is 67.6 Å². The summed E-state index contributed by atoms with van der Waals surface area (Å²) in [6.45, 7) is 2.83. The molecule has 1 saturated heterocycles. The van der Waals surface area contributed by atoms with Gasteiger partial charge in [0.25, 0.3) is 5.91 Å². The minimum absolute atomic E-state index is 0.00294. The third-order valence-corrected chi connectivity index (χ3v) is 6.43. The Morgan fingerprint density at radius 2 is 1.63 bits per heavy atom. The predicted octanol–water partition coefficient (Wildman–Crippen LogP) is 6.06. The number of carbonyl (C=O) groups is 2. The van der Waals surface area contributed by atoms with Crippen LogP contribution in [0.4, 0.5) is 0 Å². The summed E-state index contributed by atoms with van der Waals surface area (Å²) in [5.74, 6) is -0.486. The first-order valence-corrected chi connectivity index (χ1v) is 14.0. The van der Waals surface area contributed by atoms with Crippen LogP contribution in [0.5, 0.6) is 0 Å². The van der Waals surface area contributed by atoms with E-state index < -0.39 is 12.1 Å².